The Morgan fingerprint density at radius 2 is 1.58 bits per heavy atom. The molecule has 5 heteroatoms. The summed E-state index contributed by atoms with van der Waals surface area (Å²) < 4.78 is 40.0. The molecule has 0 fully saturated rings. The van der Waals surface area contributed by atoms with Gasteiger partial charge < -0.3 is 5.32 Å². The first-order valence-electron chi connectivity index (χ1n) is 5.60. The van der Waals surface area contributed by atoms with E-state index in [1.54, 1.807) is 31.3 Å². The third-order valence-corrected chi connectivity index (χ3v) is 3.20. The molecule has 1 nitrogen and oxygen atoms in total. The van der Waals surface area contributed by atoms with Gasteiger partial charge in [0, 0.05) is 16.7 Å². The molecule has 1 atom stereocenters. The lowest BCUT2D eigenvalue weighted by Gasteiger charge is -2.19. The zero-order chi connectivity index (χ0) is 14.0. The number of benzene rings is 2. The summed E-state index contributed by atoms with van der Waals surface area (Å²) in [5.74, 6) is -3.13. The number of hydrogen-bond acceptors (Lipinski definition) is 1. The van der Waals surface area contributed by atoms with Crippen molar-refractivity contribution < 1.29 is 13.2 Å². The average Bonchev–Trinajstić information content (AvgIpc) is 2.38. The van der Waals surface area contributed by atoms with E-state index in [0.717, 1.165) is 6.07 Å². The van der Waals surface area contributed by atoms with Crippen LogP contribution in [0.2, 0.25) is 5.02 Å². The fraction of sp³-hybridized carbons (Fsp3) is 0.143. The first-order chi connectivity index (χ1) is 9.04. The molecule has 0 aromatic heterocycles. The quantitative estimate of drug-likeness (QED) is 0.839. The van der Waals surface area contributed by atoms with E-state index >= 15 is 0 Å². The van der Waals surface area contributed by atoms with Gasteiger partial charge in [-0.15, -0.1) is 0 Å². The van der Waals surface area contributed by atoms with Crippen LogP contribution in [-0.2, 0) is 0 Å². The normalized spacial score (nSPS) is 12.5. The molecule has 0 bridgehead atoms. The monoisotopic (exact) mass is 285 g/mol. The zero-order valence-electron chi connectivity index (χ0n) is 10.1. The van der Waals surface area contributed by atoms with Crippen molar-refractivity contribution in [3.8, 4) is 0 Å². The van der Waals surface area contributed by atoms with Gasteiger partial charge in [0.05, 0.1) is 6.04 Å². The van der Waals surface area contributed by atoms with Crippen molar-refractivity contribution in [3.63, 3.8) is 0 Å². The fourth-order valence-corrected chi connectivity index (χ4v) is 2.19. The lowest BCUT2D eigenvalue weighted by atomic mass is 9.98. The molecule has 0 aliphatic carbocycles. The van der Waals surface area contributed by atoms with Gasteiger partial charge in [-0.05, 0) is 24.7 Å². The van der Waals surface area contributed by atoms with Gasteiger partial charge in [-0.3, -0.25) is 0 Å². The maximum Gasteiger partial charge on any atom is 0.161 e. The van der Waals surface area contributed by atoms with Crippen molar-refractivity contribution in [1.29, 1.82) is 0 Å². The van der Waals surface area contributed by atoms with Crippen molar-refractivity contribution in [2.75, 3.05) is 7.05 Å². The zero-order valence-corrected chi connectivity index (χ0v) is 10.8. The third kappa shape index (κ3) is 2.74. The highest BCUT2D eigenvalue weighted by molar-refractivity contribution is 6.31. The van der Waals surface area contributed by atoms with Gasteiger partial charge >= 0.3 is 0 Å². The first kappa shape index (κ1) is 13.9. The predicted molar refractivity (Wildman–Crippen MR) is 68.7 cm³/mol. The Balaban J connectivity index is 2.55. The Bertz CT molecular complexity index is 601. The van der Waals surface area contributed by atoms with Crippen LogP contribution >= 0.6 is 11.6 Å². The summed E-state index contributed by atoms with van der Waals surface area (Å²) in [6, 6.07) is 7.55. The van der Waals surface area contributed by atoms with Crippen LogP contribution in [0.1, 0.15) is 17.2 Å². The Morgan fingerprint density at radius 3 is 2.21 bits per heavy atom. The van der Waals surface area contributed by atoms with E-state index in [0.29, 0.717) is 16.7 Å². The molecule has 0 aliphatic heterocycles. The molecule has 0 saturated heterocycles. The Labute approximate surface area is 114 Å². The first-order valence-corrected chi connectivity index (χ1v) is 5.98. The highest BCUT2D eigenvalue weighted by Crippen LogP contribution is 2.30. The molecule has 0 radical (unpaired) electrons. The summed E-state index contributed by atoms with van der Waals surface area (Å²) in [6.07, 6.45) is 0. The minimum absolute atomic E-state index is 0.00880. The second kappa shape index (κ2) is 5.63. The van der Waals surface area contributed by atoms with Crippen LogP contribution < -0.4 is 5.32 Å². The molecule has 0 saturated carbocycles. The topological polar surface area (TPSA) is 12.0 Å². The van der Waals surface area contributed by atoms with E-state index in [2.05, 4.69) is 5.32 Å². The molecule has 1 N–H and O–H groups in total. The number of rotatable bonds is 3. The van der Waals surface area contributed by atoms with Crippen LogP contribution in [-0.4, -0.2) is 7.05 Å². The second-order valence-electron chi connectivity index (χ2n) is 4.03. The predicted octanol–water partition coefficient (Wildman–Crippen LogP) is 4.07. The summed E-state index contributed by atoms with van der Waals surface area (Å²) in [5, 5.41) is 3.27. The van der Waals surface area contributed by atoms with Gasteiger partial charge in [-0.1, -0.05) is 29.8 Å². The third-order valence-electron chi connectivity index (χ3n) is 2.86. The van der Waals surface area contributed by atoms with Crippen LogP contribution in [0.3, 0.4) is 0 Å². The molecule has 0 heterocycles. The number of hydrogen-bond donors (Lipinski definition) is 1. The van der Waals surface area contributed by atoms with Crippen molar-refractivity contribution in [2.45, 2.75) is 6.04 Å². The Hall–Kier alpha value is -1.52. The summed E-state index contributed by atoms with van der Waals surface area (Å²) in [4.78, 5) is 0. The van der Waals surface area contributed by atoms with Crippen molar-refractivity contribution >= 4 is 11.6 Å². The van der Waals surface area contributed by atoms with Gasteiger partial charge in [0.2, 0.25) is 0 Å². The summed E-state index contributed by atoms with van der Waals surface area (Å²) in [7, 11) is 1.59. The highest BCUT2D eigenvalue weighted by atomic mass is 35.5. The molecular formula is C14H11ClF3N. The van der Waals surface area contributed by atoms with Crippen LogP contribution in [0.5, 0.6) is 0 Å². The van der Waals surface area contributed by atoms with Gasteiger partial charge in [-0.2, -0.15) is 0 Å². The molecule has 2 aromatic rings. The summed E-state index contributed by atoms with van der Waals surface area (Å²) in [6.45, 7) is 0. The summed E-state index contributed by atoms with van der Waals surface area (Å²) in [5.41, 5.74) is 0.603. The molecular weight excluding hydrogens is 275 g/mol. The molecule has 2 rings (SSSR count). The lowest BCUT2D eigenvalue weighted by molar-refractivity contribution is 0.483. The maximum absolute atomic E-state index is 13.8. The number of nitrogens with one attached hydrogen (secondary N) is 1. The minimum Gasteiger partial charge on any atom is -0.309 e. The molecule has 0 spiro atoms. The van der Waals surface area contributed by atoms with Gasteiger partial charge in [-0.25, -0.2) is 13.2 Å². The van der Waals surface area contributed by atoms with Crippen molar-refractivity contribution in [1.82, 2.24) is 5.32 Å². The molecule has 0 aliphatic rings. The molecule has 19 heavy (non-hydrogen) atoms. The van der Waals surface area contributed by atoms with Gasteiger partial charge in [0.15, 0.2) is 11.6 Å². The van der Waals surface area contributed by atoms with E-state index in [1.165, 1.54) is 0 Å². The van der Waals surface area contributed by atoms with Crippen LogP contribution in [0, 0.1) is 17.5 Å². The number of halogens is 4. The summed E-state index contributed by atoms with van der Waals surface area (Å²) >= 11 is 6.04. The molecule has 100 valence electrons. The SMILES string of the molecule is CNC(c1cc(F)c(F)cc1F)c1ccccc1Cl. The van der Waals surface area contributed by atoms with Gasteiger partial charge in [0.25, 0.3) is 0 Å². The smallest absolute Gasteiger partial charge is 0.161 e. The Kier molecular flexibility index (Phi) is 4.12. The highest BCUT2D eigenvalue weighted by Gasteiger charge is 2.20. The molecule has 0 amide bonds. The van der Waals surface area contributed by atoms with Gasteiger partial charge in [0.1, 0.15) is 5.82 Å². The van der Waals surface area contributed by atoms with E-state index < -0.39 is 23.5 Å². The largest absolute Gasteiger partial charge is 0.309 e. The van der Waals surface area contributed by atoms with Crippen LogP contribution in [0.4, 0.5) is 13.2 Å². The minimum atomic E-state index is -1.21. The second-order valence-corrected chi connectivity index (χ2v) is 4.44. The van der Waals surface area contributed by atoms with E-state index in [9.17, 15) is 13.2 Å². The average molecular weight is 286 g/mol. The van der Waals surface area contributed by atoms with E-state index in [-0.39, 0.29) is 5.56 Å². The fourth-order valence-electron chi connectivity index (χ4n) is 1.95. The molecule has 2 aromatic carbocycles. The maximum atomic E-state index is 13.8. The molecule has 1 unspecified atom stereocenters. The van der Waals surface area contributed by atoms with Crippen molar-refractivity contribution in [3.05, 3.63) is 70.0 Å². The van der Waals surface area contributed by atoms with E-state index in [1.807, 2.05) is 0 Å². The van der Waals surface area contributed by atoms with Crippen LogP contribution in [0.25, 0.3) is 0 Å². The lowest BCUT2D eigenvalue weighted by Crippen LogP contribution is -2.20. The van der Waals surface area contributed by atoms with Crippen LogP contribution in [0.15, 0.2) is 36.4 Å². The standard InChI is InChI=1S/C14H11ClF3N/c1-19-14(8-4-2-3-5-10(8)15)9-6-12(17)13(18)7-11(9)16/h2-7,14,19H,1H3. The van der Waals surface area contributed by atoms with Crippen molar-refractivity contribution in [2.24, 2.45) is 0 Å². The Morgan fingerprint density at radius 1 is 0.947 bits per heavy atom. The van der Waals surface area contributed by atoms with E-state index in [4.69, 9.17) is 11.6 Å².